The number of aromatic nitrogens is 2. The van der Waals surface area contributed by atoms with E-state index in [9.17, 15) is 4.79 Å². The molecular weight excluding hydrogens is 476 g/mol. The van der Waals surface area contributed by atoms with Crippen molar-refractivity contribution in [1.82, 2.24) is 14.5 Å². The molecule has 38 heavy (non-hydrogen) atoms. The lowest BCUT2D eigenvalue weighted by atomic mass is 10.1. The molecule has 2 aromatic heterocycles. The zero-order chi connectivity index (χ0) is 26.3. The Morgan fingerprint density at radius 3 is 2.71 bits per heavy atom. The lowest BCUT2D eigenvalue weighted by molar-refractivity contribution is 0.192. The second kappa shape index (κ2) is 12.0. The number of carbonyl (C=O) groups is 1. The maximum Gasteiger partial charge on any atom is 0.324 e. The average Bonchev–Trinajstić information content (AvgIpc) is 3.36. The number of hydrogen-bond donors (Lipinski definition) is 0. The highest BCUT2D eigenvalue weighted by Crippen LogP contribution is 2.34. The molecule has 5 rings (SSSR count). The average molecular weight is 513 g/mol. The first-order valence-corrected chi connectivity index (χ1v) is 13.5. The summed E-state index contributed by atoms with van der Waals surface area (Å²) in [6, 6.07) is 18.3. The van der Waals surface area contributed by atoms with Gasteiger partial charge in [-0.05, 0) is 54.3 Å². The Bertz CT molecular complexity index is 1370. The quantitative estimate of drug-likeness (QED) is 0.215. The fraction of sp³-hybridized carbons (Fsp3) is 0.355. The molecule has 0 spiro atoms. The first-order chi connectivity index (χ1) is 18.7. The predicted molar refractivity (Wildman–Crippen MR) is 151 cm³/mol. The standard InChI is InChI=1S/C31H36N4O3/c1-3-4-5-19-38-30-20-26(12-13-29(30)37-2)35-17-8-16-34(31(35)36)23-25-10-6-11-28-27(25)14-18-33(28)22-24-9-7-15-32-21-24/h6-7,9-15,18,20-21H,3-5,8,16-17,19,22-23H2,1-2H3. The van der Waals surface area contributed by atoms with Crippen molar-refractivity contribution in [3.63, 3.8) is 0 Å². The van der Waals surface area contributed by atoms with Crippen molar-refractivity contribution >= 4 is 22.6 Å². The van der Waals surface area contributed by atoms with Crippen LogP contribution < -0.4 is 14.4 Å². The van der Waals surface area contributed by atoms with E-state index in [0.717, 1.165) is 61.1 Å². The number of anilines is 1. The van der Waals surface area contributed by atoms with E-state index in [-0.39, 0.29) is 6.03 Å². The van der Waals surface area contributed by atoms with Gasteiger partial charge in [0.2, 0.25) is 0 Å². The molecule has 1 aliphatic rings. The van der Waals surface area contributed by atoms with Crippen LogP contribution in [0.5, 0.6) is 11.5 Å². The number of carbonyl (C=O) groups excluding carboxylic acids is 1. The van der Waals surface area contributed by atoms with Crippen LogP contribution in [0.3, 0.4) is 0 Å². The molecule has 0 N–H and O–H groups in total. The Morgan fingerprint density at radius 2 is 1.89 bits per heavy atom. The van der Waals surface area contributed by atoms with Gasteiger partial charge >= 0.3 is 6.03 Å². The van der Waals surface area contributed by atoms with Crippen molar-refractivity contribution in [3.8, 4) is 11.5 Å². The highest BCUT2D eigenvalue weighted by molar-refractivity contribution is 5.93. The highest BCUT2D eigenvalue weighted by atomic mass is 16.5. The summed E-state index contributed by atoms with van der Waals surface area (Å²) < 4.78 is 13.8. The minimum absolute atomic E-state index is 0.0187. The summed E-state index contributed by atoms with van der Waals surface area (Å²) in [5.74, 6) is 1.37. The van der Waals surface area contributed by atoms with Gasteiger partial charge in [0, 0.05) is 67.4 Å². The molecule has 2 amide bonds. The molecular formula is C31H36N4O3. The van der Waals surface area contributed by atoms with Gasteiger partial charge in [0.15, 0.2) is 11.5 Å². The molecule has 198 valence electrons. The number of hydrogen-bond acceptors (Lipinski definition) is 4. The summed E-state index contributed by atoms with van der Waals surface area (Å²) in [7, 11) is 1.65. The van der Waals surface area contributed by atoms with Crippen LogP contribution >= 0.6 is 0 Å². The number of fused-ring (bicyclic) bond motifs is 1. The number of rotatable bonds is 11. The van der Waals surface area contributed by atoms with E-state index in [1.165, 1.54) is 5.39 Å². The zero-order valence-corrected chi connectivity index (χ0v) is 22.3. The van der Waals surface area contributed by atoms with Gasteiger partial charge < -0.3 is 18.9 Å². The minimum Gasteiger partial charge on any atom is -0.493 e. The lowest BCUT2D eigenvalue weighted by Gasteiger charge is -2.36. The van der Waals surface area contributed by atoms with Crippen molar-refractivity contribution < 1.29 is 14.3 Å². The third-order valence-corrected chi connectivity index (χ3v) is 7.12. The number of ether oxygens (including phenoxy) is 2. The van der Waals surface area contributed by atoms with Crippen LogP contribution in [0.4, 0.5) is 10.5 Å². The van der Waals surface area contributed by atoms with Crippen LogP contribution in [0.1, 0.15) is 43.7 Å². The Hall–Kier alpha value is -4.00. The molecule has 0 unspecified atom stereocenters. The molecule has 0 aliphatic carbocycles. The Morgan fingerprint density at radius 1 is 0.974 bits per heavy atom. The Labute approximate surface area is 224 Å². The zero-order valence-electron chi connectivity index (χ0n) is 22.3. The highest BCUT2D eigenvalue weighted by Gasteiger charge is 2.28. The summed E-state index contributed by atoms with van der Waals surface area (Å²) in [4.78, 5) is 21.7. The van der Waals surface area contributed by atoms with Gasteiger partial charge in [0.1, 0.15) is 0 Å². The van der Waals surface area contributed by atoms with Crippen LogP contribution in [0.2, 0.25) is 0 Å². The number of benzene rings is 2. The molecule has 0 radical (unpaired) electrons. The molecule has 0 bridgehead atoms. The number of urea groups is 1. The van der Waals surface area contributed by atoms with Crippen molar-refractivity contribution in [2.75, 3.05) is 31.7 Å². The van der Waals surface area contributed by atoms with Crippen LogP contribution in [0, 0.1) is 0 Å². The van der Waals surface area contributed by atoms with Crippen LogP contribution in [-0.4, -0.2) is 47.3 Å². The minimum atomic E-state index is 0.0187. The summed E-state index contributed by atoms with van der Waals surface area (Å²) >= 11 is 0. The first kappa shape index (κ1) is 25.6. The van der Waals surface area contributed by atoms with Crippen LogP contribution in [0.15, 0.2) is 73.2 Å². The third kappa shape index (κ3) is 5.62. The number of pyridine rings is 1. The molecule has 1 aliphatic heterocycles. The fourth-order valence-electron chi connectivity index (χ4n) is 5.11. The van der Waals surface area contributed by atoms with E-state index in [1.54, 1.807) is 13.3 Å². The molecule has 4 aromatic rings. The summed E-state index contributed by atoms with van der Waals surface area (Å²) in [6.45, 7) is 5.56. The number of nitrogens with zero attached hydrogens (tertiary/aromatic N) is 4. The van der Waals surface area contributed by atoms with E-state index in [1.807, 2.05) is 40.3 Å². The summed E-state index contributed by atoms with van der Waals surface area (Å²) in [5, 5.41) is 1.17. The second-order valence-corrected chi connectivity index (χ2v) is 9.75. The number of unbranched alkanes of at least 4 members (excludes halogenated alkanes) is 2. The topological polar surface area (TPSA) is 59.8 Å². The molecule has 2 aromatic carbocycles. The largest absolute Gasteiger partial charge is 0.493 e. The Kier molecular flexibility index (Phi) is 8.12. The molecule has 1 saturated heterocycles. The monoisotopic (exact) mass is 512 g/mol. The normalized spacial score (nSPS) is 13.8. The van der Waals surface area contributed by atoms with Gasteiger partial charge in [-0.25, -0.2) is 4.79 Å². The van der Waals surface area contributed by atoms with Gasteiger partial charge in [-0.15, -0.1) is 0 Å². The van der Waals surface area contributed by atoms with Crippen molar-refractivity contribution in [2.24, 2.45) is 0 Å². The number of amides is 2. The van der Waals surface area contributed by atoms with Crippen LogP contribution in [0.25, 0.3) is 10.9 Å². The van der Waals surface area contributed by atoms with E-state index < -0.39 is 0 Å². The SMILES string of the molecule is CCCCCOc1cc(N2CCCN(Cc3cccc4c3ccn4Cc3cccnc3)C2=O)ccc1OC. The summed E-state index contributed by atoms with van der Waals surface area (Å²) in [6.07, 6.45) is 9.98. The van der Waals surface area contributed by atoms with Gasteiger partial charge in [0.05, 0.1) is 13.7 Å². The van der Waals surface area contributed by atoms with E-state index in [4.69, 9.17) is 9.47 Å². The van der Waals surface area contributed by atoms with Crippen LogP contribution in [-0.2, 0) is 13.1 Å². The van der Waals surface area contributed by atoms with E-state index in [2.05, 4.69) is 53.0 Å². The Balaban J connectivity index is 1.33. The number of methoxy groups -OCH3 is 1. The molecule has 0 atom stereocenters. The van der Waals surface area contributed by atoms with Gasteiger partial charge in [0.25, 0.3) is 0 Å². The van der Waals surface area contributed by atoms with Crippen molar-refractivity contribution in [3.05, 3.63) is 84.3 Å². The van der Waals surface area contributed by atoms with E-state index in [0.29, 0.717) is 31.2 Å². The molecule has 0 saturated carbocycles. The molecule has 7 heteroatoms. The van der Waals surface area contributed by atoms with Gasteiger partial charge in [-0.1, -0.05) is 38.0 Å². The third-order valence-electron chi connectivity index (χ3n) is 7.12. The predicted octanol–water partition coefficient (Wildman–Crippen LogP) is 6.49. The lowest BCUT2D eigenvalue weighted by Crippen LogP contribution is -2.49. The maximum atomic E-state index is 13.6. The van der Waals surface area contributed by atoms with E-state index >= 15 is 0 Å². The van der Waals surface area contributed by atoms with Crippen molar-refractivity contribution in [1.29, 1.82) is 0 Å². The molecule has 1 fully saturated rings. The molecule has 7 nitrogen and oxygen atoms in total. The first-order valence-electron chi connectivity index (χ1n) is 13.5. The second-order valence-electron chi connectivity index (χ2n) is 9.75. The smallest absolute Gasteiger partial charge is 0.324 e. The maximum absolute atomic E-state index is 13.6. The van der Waals surface area contributed by atoms with Gasteiger partial charge in [-0.2, -0.15) is 0 Å². The van der Waals surface area contributed by atoms with Crippen molar-refractivity contribution in [2.45, 2.75) is 45.7 Å². The fourth-order valence-corrected chi connectivity index (χ4v) is 5.11. The van der Waals surface area contributed by atoms with Gasteiger partial charge in [-0.3, -0.25) is 9.88 Å². The summed E-state index contributed by atoms with van der Waals surface area (Å²) in [5.41, 5.74) is 4.31. The molecule has 3 heterocycles.